The molecule has 0 saturated heterocycles. The van der Waals surface area contributed by atoms with Gasteiger partial charge in [-0.2, -0.15) is 0 Å². The summed E-state index contributed by atoms with van der Waals surface area (Å²) in [7, 11) is 0. The molecule has 0 atom stereocenters. The van der Waals surface area contributed by atoms with Gasteiger partial charge in [0.1, 0.15) is 11.3 Å². The quantitative estimate of drug-likeness (QED) is 0.805. The van der Waals surface area contributed by atoms with Crippen molar-refractivity contribution in [2.45, 2.75) is 20.0 Å². The number of carbonyl (C=O) groups is 1. The molecule has 0 bridgehead atoms. The molecule has 1 aromatic heterocycles. The third-order valence-corrected chi connectivity index (χ3v) is 3.47. The summed E-state index contributed by atoms with van der Waals surface area (Å²) in [6.07, 6.45) is 0. The van der Waals surface area contributed by atoms with E-state index in [1.807, 2.05) is 13.0 Å². The lowest BCUT2D eigenvalue weighted by Crippen LogP contribution is -2.23. The molecule has 1 N–H and O–H groups in total. The topological polar surface area (TPSA) is 59.8 Å². The van der Waals surface area contributed by atoms with Crippen LogP contribution in [-0.4, -0.2) is 20.9 Å². The molecule has 6 heteroatoms. The second-order valence-electron chi connectivity index (χ2n) is 4.88. The number of rotatable bonds is 4. The van der Waals surface area contributed by atoms with E-state index in [2.05, 4.69) is 15.6 Å². The molecule has 0 aliphatic carbocycles. The molecule has 0 aliphatic rings. The third kappa shape index (κ3) is 2.67. The number of nitrogens with one attached hydrogen (secondary N) is 1. The lowest BCUT2D eigenvalue weighted by Gasteiger charge is -2.06. The molecule has 3 aromatic rings. The van der Waals surface area contributed by atoms with E-state index in [1.165, 1.54) is 6.07 Å². The fraction of sp³-hybridized carbons (Fsp3) is 0.188. The number of carbonyl (C=O) groups excluding carboxylic acids is 1. The van der Waals surface area contributed by atoms with Crippen molar-refractivity contribution < 1.29 is 9.18 Å². The molecule has 3 rings (SSSR count). The van der Waals surface area contributed by atoms with Crippen molar-refractivity contribution in [3.05, 3.63) is 59.4 Å². The van der Waals surface area contributed by atoms with Crippen molar-refractivity contribution in [3.8, 4) is 0 Å². The van der Waals surface area contributed by atoms with Gasteiger partial charge in [-0.25, -0.2) is 9.07 Å². The highest BCUT2D eigenvalue weighted by Crippen LogP contribution is 2.14. The average Bonchev–Trinajstić information content (AvgIpc) is 2.96. The van der Waals surface area contributed by atoms with E-state index in [0.29, 0.717) is 16.6 Å². The molecule has 0 aliphatic heterocycles. The molecule has 5 nitrogen and oxygen atoms in total. The van der Waals surface area contributed by atoms with Crippen LogP contribution in [0.5, 0.6) is 0 Å². The minimum absolute atomic E-state index is 0.144. The first kappa shape index (κ1) is 14.2. The third-order valence-electron chi connectivity index (χ3n) is 3.47. The van der Waals surface area contributed by atoms with Crippen LogP contribution >= 0.6 is 0 Å². The molecule has 0 unspecified atom stereocenters. The monoisotopic (exact) mass is 298 g/mol. The van der Waals surface area contributed by atoms with Gasteiger partial charge in [0.05, 0.1) is 5.52 Å². The van der Waals surface area contributed by atoms with E-state index in [-0.39, 0.29) is 18.3 Å². The van der Waals surface area contributed by atoms with E-state index < -0.39 is 0 Å². The minimum Gasteiger partial charge on any atom is -0.348 e. The van der Waals surface area contributed by atoms with E-state index in [1.54, 1.807) is 35.0 Å². The fourth-order valence-electron chi connectivity index (χ4n) is 2.27. The maximum Gasteiger partial charge on any atom is 0.251 e. The molecule has 1 heterocycles. The SMILES string of the molecule is CCn1nnc2cc(C(=O)NCc3ccccc3F)ccc21. The maximum absolute atomic E-state index is 13.5. The highest BCUT2D eigenvalue weighted by Gasteiger charge is 2.10. The van der Waals surface area contributed by atoms with Crippen molar-refractivity contribution in [1.29, 1.82) is 0 Å². The van der Waals surface area contributed by atoms with Crippen molar-refractivity contribution in [1.82, 2.24) is 20.3 Å². The van der Waals surface area contributed by atoms with Crippen molar-refractivity contribution >= 4 is 16.9 Å². The minimum atomic E-state index is -0.329. The van der Waals surface area contributed by atoms with Gasteiger partial charge in [-0.15, -0.1) is 5.10 Å². The van der Waals surface area contributed by atoms with Gasteiger partial charge in [0, 0.05) is 24.2 Å². The zero-order chi connectivity index (χ0) is 15.5. The fourth-order valence-corrected chi connectivity index (χ4v) is 2.27. The second-order valence-corrected chi connectivity index (χ2v) is 4.88. The smallest absolute Gasteiger partial charge is 0.251 e. The van der Waals surface area contributed by atoms with Gasteiger partial charge in [-0.3, -0.25) is 4.79 Å². The Labute approximate surface area is 126 Å². The van der Waals surface area contributed by atoms with E-state index in [4.69, 9.17) is 0 Å². The van der Waals surface area contributed by atoms with Gasteiger partial charge in [0.15, 0.2) is 0 Å². The van der Waals surface area contributed by atoms with Gasteiger partial charge in [-0.05, 0) is 31.2 Å². The first-order chi connectivity index (χ1) is 10.7. The van der Waals surface area contributed by atoms with E-state index >= 15 is 0 Å². The van der Waals surface area contributed by atoms with Gasteiger partial charge >= 0.3 is 0 Å². The predicted octanol–water partition coefficient (Wildman–Crippen LogP) is 2.52. The Hall–Kier alpha value is -2.76. The molecular formula is C16H15FN4O. The number of aromatic nitrogens is 3. The average molecular weight is 298 g/mol. The van der Waals surface area contributed by atoms with Gasteiger partial charge in [0.2, 0.25) is 0 Å². The molecule has 0 fully saturated rings. The molecule has 0 saturated carbocycles. The Kier molecular flexibility index (Phi) is 3.82. The summed E-state index contributed by atoms with van der Waals surface area (Å²) in [5, 5.41) is 10.8. The Morgan fingerprint density at radius 3 is 2.86 bits per heavy atom. The number of benzene rings is 2. The van der Waals surface area contributed by atoms with Crippen LogP contribution in [-0.2, 0) is 13.1 Å². The molecule has 0 spiro atoms. The summed E-state index contributed by atoms with van der Waals surface area (Å²) in [5.74, 6) is -0.597. The Balaban J connectivity index is 1.76. The summed E-state index contributed by atoms with van der Waals surface area (Å²) in [6.45, 7) is 2.84. The van der Waals surface area contributed by atoms with Gasteiger partial charge < -0.3 is 5.32 Å². The zero-order valence-corrected chi connectivity index (χ0v) is 12.1. The summed E-state index contributed by atoms with van der Waals surface area (Å²) in [6, 6.07) is 11.6. The maximum atomic E-state index is 13.5. The van der Waals surface area contributed by atoms with Gasteiger partial charge in [-0.1, -0.05) is 23.4 Å². The highest BCUT2D eigenvalue weighted by molar-refractivity contribution is 5.97. The molecule has 2 aromatic carbocycles. The second kappa shape index (κ2) is 5.93. The Morgan fingerprint density at radius 2 is 2.09 bits per heavy atom. The van der Waals surface area contributed by atoms with Crippen LogP contribution < -0.4 is 5.32 Å². The van der Waals surface area contributed by atoms with Crippen LogP contribution in [0.3, 0.4) is 0 Å². The summed E-state index contributed by atoms with van der Waals surface area (Å²) in [5.41, 5.74) is 2.48. The van der Waals surface area contributed by atoms with Gasteiger partial charge in [0.25, 0.3) is 5.91 Å². The highest BCUT2D eigenvalue weighted by atomic mass is 19.1. The normalized spacial score (nSPS) is 10.8. The number of halogens is 1. The Bertz CT molecular complexity index is 828. The number of aryl methyl sites for hydroxylation is 1. The van der Waals surface area contributed by atoms with Crippen molar-refractivity contribution in [2.75, 3.05) is 0 Å². The summed E-state index contributed by atoms with van der Waals surface area (Å²) in [4.78, 5) is 12.2. The number of hydrogen-bond acceptors (Lipinski definition) is 3. The van der Waals surface area contributed by atoms with Crippen LogP contribution in [0.4, 0.5) is 4.39 Å². The number of fused-ring (bicyclic) bond motifs is 1. The lowest BCUT2D eigenvalue weighted by molar-refractivity contribution is 0.0950. The number of amides is 1. The zero-order valence-electron chi connectivity index (χ0n) is 12.1. The van der Waals surface area contributed by atoms with Crippen LogP contribution in [0.25, 0.3) is 11.0 Å². The number of nitrogens with zero attached hydrogens (tertiary/aromatic N) is 3. The summed E-state index contributed by atoms with van der Waals surface area (Å²) >= 11 is 0. The van der Waals surface area contributed by atoms with E-state index in [9.17, 15) is 9.18 Å². The lowest BCUT2D eigenvalue weighted by atomic mass is 10.1. The van der Waals surface area contributed by atoms with Crippen LogP contribution in [0.1, 0.15) is 22.8 Å². The molecular weight excluding hydrogens is 283 g/mol. The largest absolute Gasteiger partial charge is 0.348 e. The first-order valence-electron chi connectivity index (χ1n) is 7.04. The molecule has 112 valence electrons. The van der Waals surface area contributed by atoms with Crippen LogP contribution in [0.15, 0.2) is 42.5 Å². The van der Waals surface area contributed by atoms with Crippen LogP contribution in [0.2, 0.25) is 0 Å². The summed E-state index contributed by atoms with van der Waals surface area (Å²) < 4.78 is 15.3. The molecule has 22 heavy (non-hydrogen) atoms. The van der Waals surface area contributed by atoms with Crippen LogP contribution in [0, 0.1) is 5.82 Å². The van der Waals surface area contributed by atoms with Crippen molar-refractivity contribution in [2.24, 2.45) is 0 Å². The molecule has 0 radical (unpaired) electrons. The first-order valence-corrected chi connectivity index (χ1v) is 7.04. The van der Waals surface area contributed by atoms with Crippen molar-refractivity contribution in [3.63, 3.8) is 0 Å². The standard InChI is InChI=1S/C16H15FN4O/c1-2-21-15-8-7-11(9-14(15)19-20-21)16(22)18-10-12-5-3-4-6-13(12)17/h3-9H,2,10H2,1H3,(H,18,22). The van der Waals surface area contributed by atoms with E-state index in [0.717, 1.165) is 12.1 Å². The number of hydrogen-bond donors (Lipinski definition) is 1. The Morgan fingerprint density at radius 1 is 1.27 bits per heavy atom. The molecule has 1 amide bonds. The predicted molar refractivity (Wildman–Crippen MR) is 80.8 cm³/mol.